The van der Waals surface area contributed by atoms with Crippen LogP contribution in [0.2, 0.25) is 0 Å². The van der Waals surface area contributed by atoms with Crippen LogP contribution in [0.3, 0.4) is 0 Å². The van der Waals surface area contributed by atoms with Crippen LogP contribution in [0.25, 0.3) is 0 Å². The zero-order chi connectivity index (χ0) is 29.3. The zero-order valence-electron chi connectivity index (χ0n) is 23.8. The maximum Gasteiger partial charge on any atom is 0.264 e. The molecule has 40 heavy (non-hydrogen) atoms. The van der Waals surface area contributed by atoms with E-state index < -0.39 is 28.5 Å². The van der Waals surface area contributed by atoms with Crippen LogP contribution in [0, 0.1) is 6.92 Å². The molecule has 0 fully saturated rings. The van der Waals surface area contributed by atoms with E-state index in [0.717, 1.165) is 21.9 Å². The number of benzene rings is 3. The number of nitrogens with one attached hydrogen (secondary N) is 1. The Balaban J connectivity index is 1.97. The third kappa shape index (κ3) is 7.85. The van der Waals surface area contributed by atoms with E-state index in [1.165, 1.54) is 24.1 Å². The SMILES string of the molecule is CC[C@@H](C)NC(=O)[C@@H](C)N(CCc1ccccc1)C(=O)CN(c1ccc(C)cc1)S(=O)(=O)c1ccc(OC)cc1. The van der Waals surface area contributed by atoms with Gasteiger partial charge in [0.05, 0.1) is 17.7 Å². The highest BCUT2D eigenvalue weighted by Crippen LogP contribution is 2.26. The maximum atomic E-state index is 13.9. The molecule has 214 valence electrons. The summed E-state index contributed by atoms with van der Waals surface area (Å²) in [5.74, 6) is -0.235. The highest BCUT2D eigenvalue weighted by atomic mass is 32.2. The summed E-state index contributed by atoms with van der Waals surface area (Å²) < 4.78 is 34.0. The molecule has 0 radical (unpaired) electrons. The van der Waals surface area contributed by atoms with Gasteiger partial charge in [0, 0.05) is 12.6 Å². The second-order valence-corrected chi connectivity index (χ2v) is 11.7. The first-order valence-corrected chi connectivity index (χ1v) is 14.9. The Morgan fingerprint density at radius 2 is 1.55 bits per heavy atom. The predicted molar refractivity (Wildman–Crippen MR) is 158 cm³/mol. The van der Waals surface area contributed by atoms with Gasteiger partial charge in [-0.05, 0) is 75.6 Å². The third-order valence-corrected chi connectivity index (χ3v) is 8.69. The van der Waals surface area contributed by atoms with Gasteiger partial charge in [-0.3, -0.25) is 13.9 Å². The molecule has 0 heterocycles. The number of anilines is 1. The molecule has 2 amide bonds. The van der Waals surface area contributed by atoms with Gasteiger partial charge in [-0.1, -0.05) is 55.0 Å². The number of ether oxygens (including phenoxy) is 1. The number of carbonyl (C=O) groups excluding carboxylic acids is 2. The van der Waals surface area contributed by atoms with Crippen molar-refractivity contribution in [2.45, 2.75) is 57.5 Å². The smallest absolute Gasteiger partial charge is 0.264 e. The molecule has 1 N–H and O–H groups in total. The first-order chi connectivity index (χ1) is 19.1. The highest BCUT2D eigenvalue weighted by molar-refractivity contribution is 7.92. The van der Waals surface area contributed by atoms with E-state index in [4.69, 9.17) is 4.74 Å². The molecule has 0 aliphatic rings. The molecule has 0 spiro atoms. The number of aryl methyl sites for hydroxylation is 1. The van der Waals surface area contributed by atoms with Crippen LogP contribution in [0.1, 0.15) is 38.3 Å². The average Bonchev–Trinajstić information content (AvgIpc) is 2.96. The number of amides is 2. The minimum atomic E-state index is -4.13. The van der Waals surface area contributed by atoms with E-state index in [0.29, 0.717) is 17.9 Å². The summed E-state index contributed by atoms with van der Waals surface area (Å²) in [6.07, 6.45) is 1.26. The van der Waals surface area contributed by atoms with Gasteiger partial charge < -0.3 is 15.0 Å². The topological polar surface area (TPSA) is 96.0 Å². The van der Waals surface area contributed by atoms with Gasteiger partial charge in [0.2, 0.25) is 11.8 Å². The Hall–Kier alpha value is -3.85. The molecule has 8 nitrogen and oxygen atoms in total. The van der Waals surface area contributed by atoms with E-state index >= 15 is 0 Å². The monoisotopic (exact) mass is 565 g/mol. The van der Waals surface area contributed by atoms with Crippen LogP contribution in [-0.4, -0.2) is 57.4 Å². The molecule has 0 aliphatic carbocycles. The summed E-state index contributed by atoms with van der Waals surface area (Å²) in [6, 6.07) is 21.8. The Labute approximate surface area is 238 Å². The largest absolute Gasteiger partial charge is 0.497 e. The van der Waals surface area contributed by atoms with Crippen LogP contribution < -0.4 is 14.4 Å². The molecular weight excluding hydrogens is 526 g/mol. The molecule has 0 saturated heterocycles. The molecule has 3 aromatic rings. The standard InChI is InChI=1S/C31H39N3O5S/c1-6-24(3)32-31(36)25(4)33(21-20-26-10-8-7-9-11-26)30(35)22-34(27-14-12-23(2)13-15-27)40(37,38)29-18-16-28(39-5)17-19-29/h7-19,24-25H,6,20-22H2,1-5H3,(H,32,36)/t24-,25-/m1/s1. The summed E-state index contributed by atoms with van der Waals surface area (Å²) in [7, 11) is -2.62. The van der Waals surface area contributed by atoms with Crippen molar-refractivity contribution >= 4 is 27.5 Å². The van der Waals surface area contributed by atoms with Crippen molar-refractivity contribution < 1.29 is 22.7 Å². The zero-order valence-corrected chi connectivity index (χ0v) is 24.6. The van der Waals surface area contributed by atoms with Crippen molar-refractivity contribution in [3.8, 4) is 5.75 Å². The molecule has 3 aromatic carbocycles. The first kappa shape index (κ1) is 30.7. The quantitative estimate of drug-likeness (QED) is 0.328. The van der Waals surface area contributed by atoms with Crippen molar-refractivity contribution in [2.75, 3.05) is 24.5 Å². The van der Waals surface area contributed by atoms with Gasteiger partial charge >= 0.3 is 0 Å². The Morgan fingerprint density at radius 3 is 2.12 bits per heavy atom. The Bertz CT molecular complexity index is 1360. The summed E-state index contributed by atoms with van der Waals surface area (Å²) in [4.78, 5) is 28.5. The van der Waals surface area contributed by atoms with Crippen LogP contribution in [0.4, 0.5) is 5.69 Å². The molecular formula is C31H39N3O5S. The number of methoxy groups -OCH3 is 1. The maximum absolute atomic E-state index is 13.9. The number of nitrogens with zero attached hydrogens (tertiary/aromatic N) is 2. The number of carbonyl (C=O) groups is 2. The molecule has 9 heteroatoms. The van der Waals surface area contributed by atoms with Gasteiger partial charge in [-0.25, -0.2) is 8.42 Å². The van der Waals surface area contributed by atoms with E-state index in [9.17, 15) is 18.0 Å². The van der Waals surface area contributed by atoms with Crippen LogP contribution >= 0.6 is 0 Å². The van der Waals surface area contributed by atoms with E-state index in [1.54, 1.807) is 43.3 Å². The molecule has 2 atom stereocenters. The lowest BCUT2D eigenvalue weighted by Gasteiger charge is -2.32. The lowest BCUT2D eigenvalue weighted by Crippen LogP contribution is -2.53. The summed E-state index contributed by atoms with van der Waals surface area (Å²) in [5.41, 5.74) is 2.32. The number of hydrogen-bond acceptors (Lipinski definition) is 5. The van der Waals surface area contributed by atoms with Gasteiger partial charge in [0.1, 0.15) is 18.3 Å². The fourth-order valence-electron chi connectivity index (χ4n) is 4.15. The number of sulfonamides is 1. The first-order valence-electron chi connectivity index (χ1n) is 13.4. The molecule has 0 bridgehead atoms. The fraction of sp³-hybridized carbons (Fsp3) is 0.355. The molecule has 0 aromatic heterocycles. The van der Waals surface area contributed by atoms with Gasteiger partial charge in [0.15, 0.2) is 0 Å². The third-order valence-electron chi connectivity index (χ3n) is 6.90. The molecule has 0 aliphatic heterocycles. The van der Waals surface area contributed by atoms with Crippen molar-refractivity contribution in [1.82, 2.24) is 10.2 Å². The van der Waals surface area contributed by atoms with Gasteiger partial charge in [0.25, 0.3) is 10.0 Å². The minimum Gasteiger partial charge on any atom is -0.497 e. The van der Waals surface area contributed by atoms with Gasteiger partial charge in [-0.2, -0.15) is 0 Å². The average molecular weight is 566 g/mol. The summed E-state index contributed by atoms with van der Waals surface area (Å²) >= 11 is 0. The normalized spacial score (nSPS) is 12.7. The minimum absolute atomic E-state index is 0.0278. The van der Waals surface area contributed by atoms with E-state index in [-0.39, 0.29) is 23.4 Å². The lowest BCUT2D eigenvalue weighted by molar-refractivity contribution is -0.139. The summed E-state index contributed by atoms with van der Waals surface area (Å²) in [5, 5.41) is 2.94. The number of hydrogen-bond donors (Lipinski definition) is 1. The molecule has 0 saturated carbocycles. The van der Waals surface area contributed by atoms with Crippen LogP contribution in [-0.2, 0) is 26.0 Å². The van der Waals surface area contributed by atoms with E-state index in [2.05, 4.69) is 5.32 Å². The summed E-state index contributed by atoms with van der Waals surface area (Å²) in [6.45, 7) is 7.24. The van der Waals surface area contributed by atoms with Crippen molar-refractivity contribution in [1.29, 1.82) is 0 Å². The predicted octanol–water partition coefficient (Wildman–Crippen LogP) is 4.57. The molecule has 0 unspecified atom stereocenters. The Morgan fingerprint density at radius 1 is 0.925 bits per heavy atom. The second kappa shape index (κ2) is 14.0. The second-order valence-electron chi connectivity index (χ2n) is 9.84. The lowest BCUT2D eigenvalue weighted by atomic mass is 10.1. The van der Waals surface area contributed by atoms with Crippen molar-refractivity contribution in [2.24, 2.45) is 0 Å². The number of rotatable bonds is 13. The van der Waals surface area contributed by atoms with E-state index in [1.807, 2.05) is 51.1 Å². The van der Waals surface area contributed by atoms with Crippen molar-refractivity contribution in [3.05, 3.63) is 90.0 Å². The Kier molecular flexibility index (Phi) is 10.7. The van der Waals surface area contributed by atoms with Gasteiger partial charge in [-0.15, -0.1) is 0 Å². The molecule has 3 rings (SSSR count). The van der Waals surface area contributed by atoms with Crippen LogP contribution in [0.15, 0.2) is 83.8 Å². The highest BCUT2D eigenvalue weighted by Gasteiger charge is 2.32. The fourth-order valence-corrected chi connectivity index (χ4v) is 5.56. The van der Waals surface area contributed by atoms with Crippen molar-refractivity contribution in [3.63, 3.8) is 0 Å². The van der Waals surface area contributed by atoms with Crippen LogP contribution in [0.5, 0.6) is 5.75 Å².